The van der Waals surface area contributed by atoms with Crippen molar-refractivity contribution in [1.82, 2.24) is 9.97 Å². The zero-order valence-corrected chi connectivity index (χ0v) is 12.3. The fourth-order valence-corrected chi connectivity index (χ4v) is 1.84. The fraction of sp³-hybridized carbons (Fsp3) is 0.692. The van der Waals surface area contributed by atoms with Crippen molar-refractivity contribution in [2.45, 2.75) is 33.6 Å². The van der Waals surface area contributed by atoms with E-state index in [1.807, 2.05) is 6.92 Å². The molecule has 1 aromatic rings. The second-order valence-corrected chi connectivity index (χ2v) is 4.95. The van der Waals surface area contributed by atoms with Crippen LogP contribution in [0.1, 0.15) is 31.7 Å². The molecule has 0 fully saturated rings. The zero-order chi connectivity index (χ0) is 13.5. The summed E-state index contributed by atoms with van der Waals surface area (Å²) < 4.78 is 5.11. The molecule has 0 aliphatic heterocycles. The minimum Gasteiger partial charge on any atom is -0.384 e. The Kier molecular flexibility index (Phi) is 6.36. The van der Waals surface area contributed by atoms with Gasteiger partial charge in [-0.1, -0.05) is 25.4 Å². The highest BCUT2D eigenvalue weighted by molar-refractivity contribution is 6.30. The molecule has 4 nitrogen and oxygen atoms in total. The number of anilines is 1. The molecule has 1 unspecified atom stereocenters. The molecule has 1 atom stereocenters. The van der Waals surface area contributed by atoms with Crippen LogP contribution in [0.2, 0.25) is 5.15 Å². The van der Waals surface area contributed by atoms with Gasteiger partial charge in [0.25, 0.3) is 0 Å². The number of aryl methyl sites for hydroxylation is 1. The first-order chi connectivity index (χ1) is 8.58. The minimum atomic E-state index is 0.428. The van der Waals surface area contributed by atoms with Gasteiger partial charge >= 0.3 is 0 Å². The van der Waals surface area contributed by atoms with Crippen LogP contribution in [0, 0.1) is 12.8 Å². The molecule has 1 rings (SSSR count). The summed E-state index contributed by atoms with van der Waals surface area (Å²) in [4.78, 5) is 8.78. The van der Waals surface area contributed by atoms with Crippen molar-refractivity contribution >= 4 is 17.4 Å². The van der Waals surface area contributed by atoms with Gasteiger partial charge in [0.2, 0.25) is 0 Å². The molecule has 0 aromatic carbocycles. The van der Waals surface area contributed by atoms with E-state index in [0.717, 1.165) is 43.2 Å². The highest BCUT2D eigenvalue weighted by atomic mass is 35.5. The SMILES string of the molecule is CCCc1nc(Cl)c(C)c(NCC(C)COC)n1. The second-order valence-electron chi connectivity index (χ2n) is 4.60. The van der Waals surface area contributed by atoms with E-state index < -0.39 is 0 Å². The van der Waals surface area contributed by atoms with Crippen molar-refractivity contribution in [3.05, 3.63) is 16.5 Å². The maximum Gasteiger partial charge on any atom is 0.137 e. The molecule has 0 amide bonds. The first-order valence-corrected chi connectivity index (χ1v) is 6.72. The lowest BCUT2D eigenvalue weighted by atomic mass is 10.2. The van der Waals surface area contributed by atoms with Crippen LogP contribution in [-0.2, 0) is 11.2 Å². The molecule has 0 saturated carbocycles. The Morgan fingerprint density at radius 3 is 2.72 bits per heavy atom. The van der Waals surface area contributed by atoms with Gasteiger partial charge in [0.05, 0.1) is 6.61 Å². The normalized spacial score (nSPS) is 12.5. The Morgan fingerprint density at radius 2 is 2.11 bits per heavy atom. The third-order valence-corrected chi connectivity index (χ3v) is 3.04. The number of hydrogen-bond donors (Lipinski definition) is 1. The van der Waals surface area contributed by atoms with Crippen LogP contribution in [0.15, 0.2) is 0 Å². The number of hydrogen-bond acceptors (Lipinski definition) is 4. The molecule has 0 spiro atoms. The molecule has 1 N–H and O–H groups in total. The number of aromatic nitrogens is 2. The van der Waals surface area contributed by atoms with E-state index in [0.29, 0.717) is 11.1 Å². The maximum atomic E-state index is 6.12. The highest BCUT2D eigenvalue weighted by Gasteiger charge is 2.10. The van der Waals surface area contributed by atoms with E-state index in [1.165, 1.54) is 0 Å². The van der Waals surface area contributed by atoms with E-state index >= 15 is 0 Å². The molecule has 1 heterocycles. The fourth-order valence-electron chi connectivity index (χ4n) is 1.65. The van der Waals surface area contributed by atoms with Crippen LogP contribution in [-0.4, -0.2) is 30.2 Å². The van der Waals surface area contributed by atoms with Crippen LogP contribution in [0.3, 0.4) is 0 Å². The number of ether oxygens (including phenoxy) is 1. The molecule has 0 saturated heterocycles. The largest absolute Gasteiger partial charge is 0.384 e. The third-order valence-electron chi connectivity index (χ3n) is 2.68. The lowest BCUT2D eigenvalue weighted by Crippen LogP contribution is -2.17. The van der Waals surface area contributed by atoms with Crippen molar-refractivity contribution in [3.8, 4) is 0 Å². The summed E-state index contributed by atoms with van der Waals surface area (Å²) in [5.74, 6) is 2.06. The van der Waals surface area contributed by atoms with Crippen molar-refractivity contribution in [3.63, 3.8) is 0 Å². The number of nitrogens with zero attached hydrogens (tertiary/aromatic N) is 2. The topological polar surface area (TPSA) is 47.0 Å². The molecule has 0 aliphatic rings. The molecule has 102 valence electrons. The molecule has 0 radical (unpaired) electrons. The van der Waals surface area contributed by atoms with E-state index in [9.17, 15) is 0 Å². The second kappa shape index (κ2) is 7.54. The summed E-state index contributed by atoms with van der Waals surface area (Å²) in [6, 6.07) is 0. The first-order valence-electron chi connectivity index (χ1n) is 6.34. The van der Waals surface area contributed by atoms with Gasteiger partial charge in [-0.3, -0.25) is 0 Å². The average molecular weight is 272 g/mol. The summed E-state index contributed by atoms with van der Waals surface area (Å²) in [6.07, 6.45) is 1.86. The molecule has 5 heteroatoms. The Morgan fingerprint density at radius 1 is 1.39 bits per heavy atom. The van der Waals surface area contributed by atoms with Gasteiger partial charge < -0.3 is 10.1 Å². The van der Waals surface area contributed by atoms with Crippen LogP contribution >= 0.6 is 11.6 Å². The number of halogens is 1. The molecule has 18 heavy (non-hydrogen) atoms. The Labute approximate surface area is 114 Å². The van der Waals surface area contributed by atoms with Crippen molar-refractivity contribution in [2.75, 3.05) is 25.6 Å². The number of methoxy groups -OCH3 is 1. The van der Waals surface area contributed by atoms with Crippen molar-refractivity contribution in [2.24, 2.45) is 5.92 Å². The lowest BCUT2D eigenvalue weighted by Gasteiger charge is -2.14. The maximum absolute atomic E-state index is 6.12. The summed E-state index contributed by atoms with van der Waals surface area (Å²) in [5, 5.41) is 3.86. The smallest absolute Gasteiger partial charge is 0.137 e. The average Bonchev–Trinajstić information content (AvgIpc) is 2.32. The summed E-state index contributed by atoms with van der Waals surface area (Å²) in [5.41, 5.74) is 0.904. The minimum absolute atomic E-state index is 0.428. The van der Waals surface area contributed by atoms with Gasteiger partial charge in [-0.15, -0.1) is 0 Å². The van der Waals surface area contributed by atoms with Crippen molar-refractivity contribution < 1.29 is 4.74 Å². The van der Waals surface area contributed by atoms with Gasteiger partial charge in [-0.05, 0) is 19.3 Å². The number of nitrogens with one attached hydrogen (secondary N) is 1. The standard InChI is InChI=1S/C13H22ClN3O/c1-5-6-11-16-12(14)10(3)13(17-11)15-7-9(2)8-18-4/h9H,5-8H2,1-4H3,(H,15,16,17). The molecule has 1 aromatic heterocycles. The van der Waals surface area contributed by atoms with E-state index in [1.54, 1.807) is 7.11 Å². The summed E-state index contributed by atoms with van der Waals surface area (Å²) >= 11 is 6.12. The summed E-state index contributed by atoms with van der Waals surface area (Å²) in [7, 11) is 1.71. The Hall–Kier alpha value is -0.870. The quantitative estimate of drug-likeness (QED) is 0.774. The predicted octanol–water partition coefficient (Wildman–Crippen LogP) is 3.09. The molecule has 0 bridgehead atoms. The van der Waals surface area contributed by atoms with Crippen molar-refractivity contribution in [1.29, 1.82) is 0 Å². The Bertz CT molecular complexity index is 385. The zero-order valence-electron chi connectivity index (χ0n) is 11.6. The molecular weight excluding hydrogens is 250 g/mol. The predicted molar refractivity (Wildman–Crippen MR) is 75.3 cm³/mol. The van der Waals surface area contributed by atoms with Gasteiger partial charge in [-0.2, -0.15) is 0 Å². The first kappa shape index (κ1) is 15.2. The van der Waals surface area contributed by atoms with Crippen LogP contribution in [0.5, 0.6) is 0 Å². The van der Waals surface area contributed by atoms with Crippen LogP contribution < -0.4 is 5.32 Å². The Balaban J connectivity index is 2.74. The van der Waals surface area contributed by atoms with Crippen LogP contribution in [0.4, 0.5) is 5.82 Å². The number of rotatable bonds is 7. The van der Waals surface area contributed by atoms with Gasteiger partial charge in [0, 0.05) is 25.6 Å². The molecule has 0 aliphatic carbocycles. The van der Waals surface area contributed by atoms with Crippen LogP contribution in [0.25, 0.3) is 0 Å². The van der Waals surface area contributed by atoms with Gasteiger partial charge in [-0.25, -0.2) is 9.97 Å². The van der Waals surface area contributed by atoms with E-state index in [4.69, 9.17) is 16.3 Å². The highest BCUT2D eigenvalue weighted by Crippen LogP contribution is 2.20. The monoisotopic (exact) mass is 271 g/mol. The van der Waals surface area contributed by atoms with Gasteiger partial charge in [0.1, 0.15) is 16.8 Å². The lowest BCUT2D eigenvalue weighted by molar-refractivity contribution is 0.164. The molecular formula is C13H22ClN3O. The summed E-state index contributed by atoms with van der Waals surface area (Å²) in [6.45, 7) is 7.70. The van der Waals surface area contributed by atoms with Gasteiger partial charge in [0.15, 0.2) is 0 Å². The van der Waals surface area contributed by atoms with E-state index in [2.05, 4.69) is 29.1 Å². The third kappa shape index (κ3) is 4.42. The van der Waals surface area contributed by atoms with E-state index in [-0.39, 0.29) is 0 Å².